The molecule has 1 nitrogen and oxygen atoms in total. The highest BCUT2D eigenvalue weighted by atomic mass is 79.9. The van der Waals surface area contributed by atoms with Gasteiger partial charge in [-0.3, -0.25) is 0 Å². The van der Waals surface area contributed by atoms with Crippen LogP contribution in [0, 0.1) is 0 Å². The standard InChI is InChI=1S/C10H8BrCl2NS2/c11-5-1-6(15-4-5)2-8(14)7-3-9(12)16-10(7)13/h1,3-4,8H,2,14H2. The number of nitrogens with two attached hydrogens (primary N) is 1. The number of rotatable bonds is 3. The van der Waals surface area contributed by atoms with Gasteiger partial charge in [0, 0.05) is 32.8 Å². The van der Waals surface area contributed by atoms with Gasteiger partial charge >= 0.3 is 0 Å². The topological polar surface area (TPSA) is 26.0 Å². The second-order valence-electron chi connectivity index (χ2n) is 3.32. The summed E-state index contributed by atoms with van der Waals surface area (Å²) >= 11 is 18.4. The summed E-state index contributed by atoms with van der Waals surface area (Å²) in [6.45, 7) is 0. The lowest BCUT2D eigenvalue weighted by Crippen LogP contribution is -2.12. The molecule has 1 unspecified atom stereocenters. The first kappa shape index (κ1) is 12.9. The lowest BCUT2D eigenvalue weighted by atomic mass is 10.1. The molecular formula is C10H8BrCl2NS2. The van der Waals surface area contributed by atoms with Crippen LogP contribution in [0.2, 0.25) is 8.67 Å². The van der Waals surface area contributed by atoms with Crippen LogP contribution < -0.4 is 5.73 Å². The number of thiophene rings is 2. The minimum Gasteiger partial charge on any atom is -0.324 e. The van der Waals surface area contributed by atoms with E-state index in [0.29, 0.717) is 8.67 Å². The fourth-order valence-corrected chi connectivity index (χ4v) is 4.50. The van der Waals surface area contributed by atoms with E-state index in [1.54, 1.807) is 11.3 Å². The Hall–Kier alpha value is 0.420. The fourth-order valence-electron chi connectivity index (χ4n) is 1.39. The predicted molar refractivity (Wildman–Crippen MR) is 77.0 cm³/mol. The molecule has 0 saturated carbocycles. The maximum Gasteiger partial charge on any atom is 0.0992 e. The van der Waals surface area contributed by atoms with Gasteiger partial charge < -0.3 is 5.73 Å². The fraction of sp³-hybridized carbons (Fsp3) is 0.200. The first-order valence-corrected chi connectivity index (χ1v) is 7.74. The van der Waals surface area contributed by atoms with E-state index in [2.05, 4.69) is 22.0 Å². The van der Waals surface area contributed by atoms with Crippen molar-refractivity contribution < 1.29 is 0 Å². The Balaban J connectivity index is 2.14. The first-order valence-electron chi connectivity index (χ1n) is 4.49. The van der Waals surface area contributed by atoms with Crippen LogP contribution in [0.15, 0.2) is 22.0 Å². The maximum atomic E-state index is 6.11. The lowest BCUT2D eigenvalue weighted by Gasteiger charge is -2.08. The maximum absolute atomic E-state index is 6.11. The molecule has 0 aromatic carbocycles. The van der Waals surface area contributed by atoms with Gasteiger partial charge in [0.1, 0.15) is 0 Å². The van der Waals surface area contributed by atoms with Crippen molar-refractivity contribution in [2.24, 2.45) is 5.73 Å². The zero-order valence-corrected chi connectivity index (χ0v) is 12.8. The van der Waals surface area contributed by atoms with Crippen molar-refractivity contribution in [1.82, 2.24) is 0 Å². The van der Waals surface area contributed by atoms with Crippen LogP contribution in [-0.2, 0) is 6.42 Å². The van der Waals surface area contributed by atoms with Crippen LogP contribution >= 0.6 is 61.8 Å². The molecule has 0 aliphatic rings. The molecule has 0 amide bonds. The molecule has 16 heavy (non-hydrogen) atoms. The van der Waals surface area contributed by atoms with Gasteiger partial charge in [-0.25, -0.2) is 0 Å². The van der Waals surface area contributed by atoms with Gasteiger partial charge in [0.05, 0.1) is 8.67 Å². The van der Waals surface area contributed by atoms with E-state index in [4.69, 9.17) is 28.9 Å². The molecule has 0 saturated heterocycles. The molecule has 2 heterocycles. The zero-order chi connectivity index (χ0) is 11.7. The normalized spacial score (nSPS) is 13.0. The van der Waals surface area contributed by atoms with Crippen LogP contribution in [0.4, 0.5) is 0 Å². The quantitative estimate of drug-likeness (QED) is 0.811. The van der Waals surface area contributed by atoms with Gasteiger partial charge in [0.2, 0.25) is 0 Å². The average Bonchev–Trinajstić information content (AvgIpc) is 2.73. The highest BCUT2D eigenvalue weighted by Crippen LogP contribution is 2.36. The molecule has 0 spiro atoms. The number of hydrogen-bond donors (Lipinski definition) is 1. The predicted octanol–water partition coefficient (Wildman–Crippen LogP) is 5.12. The molecule has 0 aliphatic carbocycles. The Morgan fingerprint density at radius 3 is 2.62 bits per heavy atom. The van der Waals surface area contributed by atoms with E-state index in [9.17, 15) is 0 Å². The van der Waals surface area contributed by atoms with Crippen molar-refractivity contribution in [3.8, 4) is 0 Å². The lowest BCUT2D eigenvalue weighted by molar-refractivity contribution is 0.733. The highest BCUT2D eigenvalue weighted by Gasteiger charge is 2.15. The number of halogens is 3. The second-order valence-corrected chi connectivity index (χ2v) is 7.52. The summed E-state index contributed by atoms with van der Waals surface area (Å²) in [7, 11) is 0. The average molecular weight is 357 g/mol. The smallest absolute Gasteiger partial charge is 0.0992 e. The molecule has 2 aromatic heterocycles. The molecular weight excluding hydrogens is 349 g/mol. The van der Waals surface area contributed by atoms with Gasteiger partial charge in [-0.1, -0.05) is 23.2 Å². The molecule has 0 radical (unpaired) electrons. The SMILES string of the molecule is NC(Cc1cc(Br)cs1)c1cc(Cl)sc1Cl. The third-order valence-electron chi connectivity index (χ3n) is 2.13. The Bertz CT molecular complexity index is 495. The monoisotopic (exact) mass is 355 g/mol. The van der Waals surface area contributed by atoms with Crippen LogP contribution in [0.25, 0.3) is 0 Å². The summed E-state index contributed by atoms with van der Waals surface area (Å²) in [5.41, 5.74) is 7.04. The zero-order valence-electron chi connectivity index (χ0n) is 8.04. The minimum absolute atomic E-state index is 0.0956. The highest BCUT2D eigenvalue weighted by molar-refractivity contribution is 9.10. The second kappa shape index (κ2) is 5.38. The van der Waals surface area contributed by atoms with E-state index in [1.807, 2.05) is 11.4 Å². The Morgan fingerprint density at radius 2 is 2.12 bits per heavy atom. The van der Waals surface area contributed by atoms with Gasteiger partial charge in [-0.15, -0.1) is 22.7 Å². The molecule has 6 heteroatoms. The van der Waals surface area contributed by atoms with Crippen LogP contribution in [-0.4, -0.2) is 0 Å². The molecule has 2 rings (SSSR count). The van der Waals surface area contributed by atoms with Gasteiger partial charge in [-0.05, 0) is 28.1 Å². The Morgan fingerprint density at radius 1 is 1.38 bits per heavy atom. The molecule has 0 bridgehead atoms. The molecule has 2 aromatic rings. The van der Waals surface area contributed by atoms with Crippen LogP contribution in [0.1, 0.15) is 16.5 Å². The van der Waals surface area contributed by atoms with Crippen LogP contribution in [0.3, 0.4) is 0 Å². The summed E-state index contributed by atoms with van der Waals surface area (Å²) < 4.78 is 2.46. The number of hydrogen-bond acceptors (Lipinski definition) is 3. The molecule has 86 valence electrons. The van der Waals surface area contributed by atoms with Crippen molar-refractivity contribution in [2.45, 2.75) is 12.5 Å². The third kappa shape index (κ3) is 3.00. The van der Waals surface area contributed by atoms with E-state index in [1.165, 1.54) is 16.2 Å². The van der Waals surface area contributed by atoms with Crippen molar-refractivity contribution in [3.05, 3.63) is 41.1 Å². The van der Waals surface area contributed by atoms with Gasteiger partial charge in [0.25, 0.3) is 0 Å². The van der Waals surface area contributed by atoms with Crippen molar-refractivity contribution in [1.29, 1.82) is 0 Å². The van der Waals surface area contributed by atoms with Crippen molar-refractivity contribution >= 4 is 61.8 Å². The summed E-state index contributed by atoms with van der Waals surface area (Å²) in [5, 5.41) is 2.05. The van der Waals surface area contributed by atoms with E-state index >= 15 is 0 Å². The largest absolute Gasteiger partial charge is 0.324 e. The molecule has 2 N–H and O–H groups in total. The van der Waals surface area contributed by atoms with E-state index < -0.39 is 0 Å². The Labute approximate surface area is 120 Å². The van der Waals surface area contributed by atoms with E-state index in [-0.39, 0.29) is 6.04 Å². The van der Waals surface area contributed by atoms with Crippen molar-refractivity contribution in [2.75, 3.05) is 0 Å². The van der Waals surface area contributed by atoms with E-state index in [0.717, 1.165) is 16.5 Å². The molecule has 0 aliphatic heterocycles. The summed E-state index contributed by atoms with van der Waals surface area (Å²) in [6.07, 6.45) is 0.781. The minimum atomic E-state index is -0.0956. The van der Waals surface area contributed by atoms with Gasteiger partial charge in [0.15, 0.2) is 0 Å². The first-order chi connectivity index (χ1) is 7.56. The summed E-state index contributed by atoms with van der Waals surface area (Å²) in [5.74, 6) is 0. The van der Waals surface area contributed by atoms with Gasteiger partial charge in [-0.2, -0.15) is 0 Å². The van der Waals surface area contributed by atoms with Crippen LogP contribution in [0.5, 0.6) is 0 Å². The Kier molecular flexibility index (Phi) is 4.32. The summed E-state index contributed by atoms with van der Waals surface area (Å²) in [4.78, 5) is 1.23. The third-order valence-corrected chi connectivity index (χ3v) is 5.36. The summed E-state index contributed by atoms with van der Waals surface area (Å²) in [6, 6.07) is 3.83. The molecule has 1 atom stereocenters. The van der Waals surface area contributed by atoms with Crippen molar-refractivity contribution in [3.63, 3.8) is 0 Å². The molecule has 0 fully saturated rings.